The minimum absolute atomic E-state index is 0.671. The molecule has 86 valence electrons. The smallest absolute Gasteiger partial charge is 0.00932 e. The average Bonchev–Trinajstić information content (AvgIpc) is 2.70. The monoisotopic (exact) mass is 225 g/mol. The normalized spacial score (nSPS) is 13.3. The van der Waals surface area contributed by atoms with E-state index in [-0.39, 0.29) is 0 Å². The first-order valence-electron chi connectivity index (χ1n) is 5.98. The van der Waals surface area contributed by atoms with Crippen LogP contribution < -0.4 is 5.32 Å². The third kappa shape index (κ3) is 4.80. The maximum atomic E-state index is 3.63. The molecule has 0 aliphatic carbocycles. The van der Waals surface area contributed by atoms with Gasteiger partial charge in [-0.2, -0.15) is 11.3 Å². The second kappa shape index (κ2) is 7.02. The largest absolute Gasteiger partial charge is 0.314 e. The summed E-state index contributed by atoms with van der Waals surface area (Å²) in [6.45, 7) is 7.98. The van der Waals surface area contributed by atoms with Crippen LogP contribution in [0.25, 0.3) is 0 Å². The van der Waals surface area contributed by atoms with Crippen molar-refractivity contribution in [2.75, 3.05) is 6.54 Å². The van der Waals surface area contributed by atoms with Gasteiger partial charge in [-0.15, -0.1) is 0 Å². The Hall–Kier alpha value is -0.340. The molecule has 1 rings (SSSR count). The Balaban J connectivity index is 2.31. The topological polar surface area (TPSA) is 12.0 Å². The highest BCUT2D eigenvalue weighted by molar-refractivity contribution is 7.07. The Bertz CT molecular complexity index is 241. The minimum Gasteiger partial charge on any atom is -0.314 e. The fraction of sp³-hybridized carbons (Fsp3) is 0.692. The van der Waals surface area contributed by atoms with E-state index in [0.717, 1.165) is 12.5 Å². The molecule has 0 aliphatic rings. The summed E-state index contributed by atoms with van der Waals surface area (Å²) in [6.07, 6.45) is 3.69. The Morgan fingerprint density at radius 2 is 2.20 bits per heavy atom. The molecule has 0 aliphatic heterocycles. The number of thiophene rings is 1. The molecular formula is C13H23NS. The number of nitrogens with one attached hydrogen (secondary N) is 1. The van der Waals surface area contributed by atoms with Crippen LogP contribution in [0.2, 0.25) is 0 Å². The molecule has 0 radical (unpaired) electrons. The van der Waals surface area contributed by atoms with Gasteiger partial charge in [-0.3, -0.25) is 0 Å². The summed E-state index contributed by atoms with van der Waals surface area (Å²) in [6, 6.07) is 2.91. The van der Waals surface area contributed by atoms with Gasteiger partial charge in [-0.1, -0.05) is 20.8 Å². The highest BCUT2D eigenvalue weighted by Crippen LogP contribution is 2.13. The summed E-state index contributed by atoms with van der Waals surface area (Å²) < 4.78 is 0. The summed E-state index contributed by atoms with van der Waals surface area (Å²) in [4.78, 5) is 0. The molecule has 0 aromatic carbocycles. The van der Waals surface area contributed by atoms with Crippen LogP contribution in [0.15, 0.2) is 16.8 Å². The summed E-state index contributed by atoms with van der Waals surface area (Å²) in [5.41, 5.74) is 1.49. The van der Waals surface area contributed by atoms with Gasteiger partial charge in [0.15, 0.2) is 0 Å². The van der Waals surface area contributed by atoms with Crippen molar-refractivity contribution >= 4 is 11.3 Å². The number of aryl methyl sites for hydroxylation is 1. The molecule has 0 fully saturated rings. The molecule has 1 N–H and O–H groups in total. The first-order chi connectivity index (χ1) is 7.24. The highest BCUT2D eigenvalue weighted by atomic mass is 32.1. The lowest BCUT2D eigenvalue weighted by Gasteiger charge is -2.22. The maximum absolute atomic E-state index is 3.63. The molecule has 0 bridgehead atoms. The molecule has 1 unspecified atom stereocenters. The van der Waals surface area contributed by atoms with Crippen molar-refractivity contribution in [3.63, 3.8) is 0 Å². The van der Waals surface area contributed by atoms with Crippen molar-refractivity contribution in [3.8, 4) is 0 Å². The fourth-order valence-corrected chi connectivity index (χ4v) is 2.46. The van der Waals surface area contributed by atoms with Gasteiger partial charge in [-0.05, 0) is 54.1 Å². The maximum Gasteiger partial charge on any atom is 0.00932 e. The summed E-state index contributed by atoms with van der Waals surface area (Å²) in [7, 11) is 0. The number of rotatable bonds is 7. The average molecular weight is 225 g/mol. The fourth-order valence-electron chi connectivity index (χ4n) is 1.76. The molecule has 0 spiro atoms. The van der Waals surface area contributed by atoms with E-state index >= 15 is 0 Å². The van der Waals surface area contributed by atoms with Crippen LogP contribution in [0.4, 0.5) is 0 Å². The van der Waals surface area contributed by atoms with Crippen LogP contribution in [-0.4, -0.2) is 12.6 Å². The second-order valence-electron chi connectivity index (χ2n) is 4.47. The zero-order valence-corrected chi connectivity index (χ0v) is 10.9. The van der Waals surface area contributed by atoms with E-state index in [2.05, 4.69) is 42.9 Å². The highest BCUT2D eigenvalue weighted by Gasteiger charge is 2.11. The molecule has 0 saturated carbocycles. The molecule has 1 aromatic rings. The third-order valence-corrected chi connectivity index (χ3v) is 3.52. The molecule has 1 atom stereocenters. The Morgan fingerprint density at radius 3 is 2.73 bits per heavy atom. The first-order valence-corrected chi connectivity index (χ1v) is 6.92. The SMILES string of the molecule is CCCNC(CCc1ccsc1)C(C)C. The van der Waals surface area contributed by atoms with Crippen LogP contribution in [0, 0.1) is 5.92 Å². The lowest BCUT2D eigenvalue weighted by atomic mass is 9.97. The predicted octanol–water partition coefficient (Wildman–Crippen LogP) is 3.70. The van der Waals surface area contributed by atoms with E-state index in [1.54, 1.807) is 11.3 Å². The second-order valence-corrected chi connectivity index (χ2v) is 5.25. The van der Waals surface area contributed by atoms with Gasteiger partial charge in [-0.25, -0.2) is 0 Å². The quantitative estimate of drug-likeness (QED) is 0.746. The third-order valence-electron chi connectivity index (χ3n) is 2.79. The lowest BCUT2D eigenvalue weighted by Crippen LogP contribution is -2.34. The Morgan fingerprint density at radius 1 is 1.40 bits per heavy atom. The van der Waals surface area contributed by atoms with Crippen LogP contribution in [0.1, 0.15) is 39.2 Å². The molecule has 1 nitrogen and oxygen atoms in total. The van der Waals surface area contributed by atoms with Gasteiger partial charge in [0.1, 0.15) is 0 Å². The lowest BCUT2D eigenvalue weighted by molar-refractivity contribution is 0.378. The van der Waals surface area contributed by atoms with Crippen LogP contribution >= 0.6 is 11.3 Å². The van der Waals surface area contributed by atoms with E-state index in [1.165, 1.54) is 24.8 Å². The van der Waals surface area contributed by atoms with E-state index in [1.807, 2.05) is 0 Å². The van der Waals surface area contributed by atoms with Gasteiger partial charge < -0.3 is 5.32 Å². The van der Waals surface area contributed by atoms with Gasteiger partial charge in [0.25, 0.3) is 0 Å². The van der Waals surface area contributed by atoms with Gasteiger partial charge >= 0.3 is 0 Å². The standard InChI is InChI=1S/C13H23NS/c1-4-8-14-13(11(2)3)6-5-12-7-9-15-10-12/h7,9-11,13-14H,4-6,8H2,1-3H3. The Labute approximate surface area is 97.9 Å². The molecule has 15 heavy (non-hydrogen) atoms. The van der Waals surface area contributed by atoms with Crippen molar-refractivity contribution in [2.45, 2.75) is 46.1 Å². The predicted molar refractivity (Wildman–Crippen MR) is 69.6 cm³/mol. The zero-order chi connectivity index (χ0) is 11.1. The number of hydrogen-bond acceptors (Lipinski definition) is 2. The van der Waals surface area contributed by atoms with Gasteiger partial charge in [0, 0.05) is 6.04 Å². The molecule has 1 aromatic heterocycles. The van der Waals surface area contributed by atoms with Crippen molar-refractivity contribution in [2.24, 2.45) is 5.92 Å². The van der Waals surface area contributed by atoms with Crippen molar-refractivity contribution in [1.82, 2.24) is 5.32 Å². The van der Waals surface area contributed by atoms with E-state index in [4.69, 9.17) is 0 Å². The first kappa shape index (κ1) is 12.7. The minimum atomic E-state index is 0.671. The Kier molecular flexibility index (Phi) is 5.96. The molecule has 0 amide bonds. The number of hydrogen-bond donors (Lipinski definition) is 1. The van der Waals surface area contributed by atoms with Gasteiger partial charge in [0.2, 0.25) is 0 Å². The summed E-state index contributed by atoms with van der Waals surface area (Å²) in [5.74, 6) is 0.732. The van der Waals surface area contributed by atoms with E-state index in [0.29, 0.717) is 6.04 Å². The van der Waals surface area contributed by atoms with Crippen LogP contribution in [0.3, 0.4) is 0 Å². The van der Waals surface area contributed by atoms with E-state index in [9.17, 15) is 0 Å². The summed E-state index contributed by atoms with van der Waals surface area (Å²) >= 11 is 1.80. The zero-order valence-electron chi connectivity index (χ0n) is 10.1. The van der Waals surface area contributed by atoms with Crippen LogP contribution in [0.5, 0.6) is 0 Å². The van der Waals surface area contributed by atoms with Crippen molar-refractivity contribution in [3.05, 3.63) is 22.4 Å². The van der Waals surface area contributed by atoms with Crippen molar-refractivity contribution in [1.29, 1.82) is 0 Å². The van der Waals surface area contributed by atoms with Crippen molar-refractivity contribution < 1.29 is 0 Å². The molecule has 2 heteroatoms. The molecular weight excluding hydrogens is 202 g/mol. The van der Waals surface area contributed by atoms with E-state index < -0.39 is 0 Å². The summed E-state index contributed by atoms with van der Waals surface area (Å²) in [5, 5.41) is 8.06. The molecule has 0 saturated heterocycles. The van der Waals surface area contributed by atoms with Gasteiger partial charge in [0.05, 0.1) is 0 Å². The molecule has 1 heterocycles. The van der Waals surface area contributed by atoms with Crippen LogP contribution in [-0.2, 0) is 6.42 Å².